The fourth-order valence-electron chi connectivity index (χ4n) is 3.93. The first-order valence-corrected chi connectivity index (χ1v) is 9.16. The molecule has 0 N–H and O–H groups in total. The zero-order chi connectivity index (χ0) is 19.1. The summed E-state index contributed by atoms with van der Waals surface area (Å²) >= 11 is 0. The molecule has 0 saturated carbocycles. The van der Waals surface area contributed by atoms with E-state index in [1.54, 1.807) is 31.0 Å². The average Bonchev–Trinajstić information content (AvgIpc) is 3.08. The van der Waals surface area contributed by atoms with Crippen LogP contribution in [-0.4, -0.2) is 40.6 Å². The highest BCUT2D eigenvalue weighted by atomic mass is 16.5. The average molecular weight is 368 g/mol. The predicted octanol–water partition coefficient (Wildman–Crippen LogP) is 1.47. The Labute approximate surface area is 158 Å². The van der Waals surface area contributed by atoms with Crippen LogP contribution in [0.3, 0.4) is 0 Å². The number of rotatable bonds is 4. The topological polar surface area (TPSA) is 67.7 Å². The first-order chi connectivity index (χ1) is 13.0. The van der Waals surface area contributed by atoms with Crippen LogP contribution in [0, 0.1) is 12.8 Å². The van der Waals surface area contributed by atoms with Gasteiger partial charge >= 0.3 is 0 Å². The van der Waals surface area contributed by atoms with Crippen molar-refractivity contribution in [1.29, 1.82) is 0 Å². The lowest BCUT2D eigenvalue weighted by atomic mass is 9.95. The van der Waals surface area contributed by atoms with Gasteiger partial charge in [-0.1, -0.05) is 0 Å². The Morgan fingerprint density at radius 1 is 1.26 bits per heavy atom. The number of hydrogen-bond acceptors (Lipinski definition) is 5. The van der Waals surface area contributed by atoms with Crippen LogP contribution in [0.5, 0.6) is 5.75 Å². The van der Waals surface area contributed by atoms with Crippen LogP contribution in [0.1, 0.15) is 23.2 Å². The van der Waals surface area contributed by atoms with Gasteiger partial charge in [0.05, 0.1) is 31.7 Å². The first kappa shape index (κ1) is 17.6. The van der Waals surface area contributed by atoms with Crippen LogP contribution in [-0.2, 0) is 24.9 Å². The van der Waals surface area contributed by atoms with Crippen molar-refractivity contribution >= 4 is 11.6 Å². The molecule has 1 fully saturated rings. The number of anilines is 1. The van der Waals surface area contributed by atoms with E-state index >= 15 is 0 Å². The van der Waals surface area contributed by atoms with Crippen LogP contribution >= 0.6 is 0 Å². The molecule has 27 heavy (non-hydrogen) atoms. The van der Waals surface area contributed by atoms with Crippen molar-refractivity contribution in [3.63, 3.8) is 0 Å². The van der Waals surface area contributed by atoms with E-state index in [1.165, 1.54) is 0 Å². The summed E-state index contributed by atoms with van der Waals surface area (Å²) in [5.41, 5.74) is 4.07. The Hall–Kier alpha value is -2.83. The van der Waals surface area contributed by atoms with Crippen LogP contribution in [0.2, 0.25) is 0 Å². The second kappa shape index (κ2) is 6.72. The lowest BCUT2D eigenvalue weighted by Crippen LogP contribution is -2.48. The van der Waals surface area contributed by atoms with Crippen LogP contribution in [0.25, 0.3) is 0 Å². The summed E-state index contributed by atoms with van der Waals surface area (Å²) in [4.78, 5) is 33.0. The van der Waals surface area contributed by atoms with E-state index in [0.29, 0.717) is 25.4 Å². The van der Waals surface area contributed by atoms with Gasteiger partial charge in [-0.2, -0.15) is 0 Å². The van der Waals surface area contributed by atoms with Gasteiger partial charge < -0.3 is 19.1 Å². The van der Waals surface area contributed by atoms with Crippen molar-refractivity contribution in [3.05, 3.63) is 51.7 Å². The summed E-state index contributed by atoms with van der Waals surface area (Å²) in [6.45, 7) is 4.76. The van der Waals surface area contributed by atoms with E-state index in [4.69, 9.17) is 4.74 Å². The molecule has 142 valence electrons. The molecule has 2 aliphatic rings. The summed E-state index contributed by atoms with van der Waals surface area (Å²) in [7, 11) is 3.41. The normalized spacial score (nSPS) is 16.3. The smallest absolute Gasteiger partial charge is 0.250 e. The van der Waals surface area contributed by atoms with Gasteiger partial charge in [0, 0.05) is 56.8 Å². The summed E-state index contributed by atoms with van der Waals surface area (Å²) < 4.78 is 6.88. The maximum Gasteiger partial charge on any atom is 0.250 e. The van der Waals surface area contributed by atoms with E-state index in [1.807, 2.05) is 24.1 Å². The van der Waals surface area contributed by atoms with Crippen LogP contribution in [0.15, 0.2) is 29.3 Å². The molecule has 0 bridgehead atoms. The molecular formula is C20H24N4O3. The van der Waals surface area contributed by atoms with Crippen molar-refractivity contribution < 1.29 is 9.53 Å². The molecule has 0 aromatic carbocycles. The molecule has 2 aliphatic heterocycles. The maximum absolute atomic E-state index is 12.8. The molecule has 1 saturated heterocycles. The van der Waals surface area contributed by atoms with E-state index in [9.17, 15) is 9.59 Å². The molecule has 4 rings (SSSR count). The van der Waals surface area contributed by atoms with E-state index < -0.39 is 0 Å². The number of hydrogen-bond donors (Lipinski definition) is 0. The van der Waals surface area contributed by atoms with Crippen LogP contribution in [0.4, 0.5) is 5.69 Å². The fraction of sp³-hybridized carbons (Fsp3) is 0.450. The summed E-state index contributed by atoms with van der Waals surface area (Å²) in [5, 5.41) is 0. The van der Waals surface area contributed by atoms with Crippen molar-refractivity contribution in [3.8, 4) is 5.75 Å². The third-order valence-corrected chi connectivity index (χ3v) is 5.66. The quantitative estimate of drug-likeness (QED) is 0.817. The lowest BCUT2D eigenvalue weighted by molar-refractivity contribution is -0.133. The number of nitrogens with zero attached hydrogens (tertiary/aromatic N) is 4. The number of fused-ring (bicyclic) bond motifs is 1. The van der Waals surface area contributed by atoms with Crippen LogP contribution < -0.4 is 15.2 Å². The second-order valence-electron chi connectivity index (χ2n) is 7.46. The number of aryl methyl sites for hydroxylation is 1. The molecule has 0 unspecified atom stereocenters. The number of aromatic nitrogens is 2. The number of ether oxygens (including phenoxy) is 1. The predicted molar refractivity (Wildman–Crippen MR) is 102 cm³/mol. The minimum atomic E-state index is -0.0120. The van der Waals surface area contributed by atoms with Gasteiger partial charge in [0.15, 0.2) is 0 Å². The molecule has 7 nitrogen and oxygen atoms in total. The Morgan fingerprint density at radius 3 is 2.78 bits per heavy atom. The third-order valence-electron chi connectivity index (χ3n) is 5.66. The number of pyridine rings is 2. The van der Waals surface area contributed by atoms with Gasteiger partial charge in [-0.15, -0.1) is 0 Å². The SMILES string of the molecule is COc1cncc(N2CC(CC(=O)N3Cc4c(C)cc(=O)n(C)c4C3)C2)c1. The minimum Gasteiger partial charge on any atom is -0.495 e. The van der Waals surface area contributed by atoms with Gasteiger partial charge in [-0.25, -0.2) is 0 Å². The van der Waals surface area contributed by atoms with Gasteiger partial charge in [-0.3, -0.25) is 14.6 Å². The van der Waals surface area contributed by atoms with E-state index in [2.05, 4.69) is 9.88 Å². The monoisotopic (exact) mass is 368 g/mol. The number of amides is 1. The molecular weight excluding hydrogens is 344 g/mol. The summed E-state index contributed by atoms with van der Waals surface area (Å²) in [6.07, 6.45) is 4.04. The Kier molecular flexibility index (Phi) is 4.37. The Bertz CT molecular complexity index is 947. The van der Waals surface area contributed by atoms with Gasteiger partial charge in [-0.05, 0) is 18.1 Å². The number of methoxy groups -OCH3 is 1. The molecule has 0 radical (unpaired) electrons. The molecule has 0 spiro atoms. The highest BCUT2D eigenvalue weighted by Gasteiger charge is 2.33. The highest BCUT2D eigenvalue weighted by Crippen LogP contribution is 2.30. The molecule has 0 atom stereocenters. The Balaban J connectivity index is 1.36. The largest absolute Gasteiger partial charge is 0.495 e. The summed E-state index contributed by atoms with van der Waals surface area (Å²) in [5.74, 6) is 1.24. The molecule has 2 aromatic heterocycles. The van der Waals surface area contributed by atoms with Gasteiger partial charge in [0.2, 0.25) is 5.91 Å². The highest BCUT2D eigenvalue weighted by molar-refractivity contribution is 5.77. The van der Waals surface area contributed by atoms with Crippen molar-refractivity contribution in [2.24, 2.45) is 13.0 Å². The van der Waals surface area contributed by atoms with Gasteiger partial charge in [0.25, 0.3) is 5.56 Å². The molecule has 7 heteroatoms. The van der Waals surface area contributed by atoms with E-state index in [-0.39, 0.29) is 11.5 Å². The molecule has 4 heterocycles. The lowest BCUT2D eigenvalue weighted by Gasteiger charge is -2.41. The fourth-order valence-corrected chi connectivity index (χ4v) is 3.93. The van der Waals surface area contributed by atoms with E-state index in [0.717, 1.165) is 41.3 Å². The molecule has 2 aromatic rings. The summed E-state index contributed by atoms with van der Waals surface area (Å²) in [6, 6.07) is 3.62. The maximum atomic E-state index is 12.8. The zero-order valence-corrected chi connectivity index (χ0v) is 15.9. The number of carbonyl (C=O) groups excluding carboxylic acids is 1. The standard InChI is InChI=1S/C20H24N4O3/c1-13-4-19(25)22(2)18-12-24(11-17(13)18)20(26)5-14-9-23(10-14)15-6-16(27-3)8-21-7-15/h4,6-8,14H,5,9-12H2,1-3H3. The molecule has 1 amide bonds. The first-order valence-electron chi connectivity index (χ1n) is 9.16. The van der Waals surface area contributed by atoms with Crippen molar-refractivity contribution in [2.45, 2.75) is 26.4 Å². The molecule has 0 aliphatic carbocycles. The third kappa shape index (κ3) is 3.18. The zero-order valence-electron chi connectivity index (χ0n) is 15.9. The Morgan fingerprint density at radius 2 is 2.04 bits per heavy atom. The minimum absolute atomic E-state index is 0.0120. The van der Waals surface area contributed by atoms with Gasteiger partial charge in [0.1, 0.15) is 5.75 Å². The van der Waals surface area contributed by atoms with Crippen molar-refractivity contribution in [2.75, 3.05) is 25.1 Å². The second-order valence-corrected chi connectivity index (χ2v) is 7.46. The number of carbonyl (C=O) groups is 1. The van der Waals surface area contributed by atoms with Crippen molar-refractivity contribution in [1.82, 2.24) is 14.5 Å².